The van der Waals surface area contributed by atoms with E-state index in [2.05, 4.69) is 27.0 Å². The number of rotatable bonds is 5. The summed E-state index contributed by atoms with van der Waals surface area (Å²) in [7, 11) is 0. The highest BCUT2D eigenvalue weighted by Gasteiger charge is 2.29. The van der Waals surface area contributed by atoms with E-state index in [0.717, 1.165) is 44.8 Å². The largest absolute Gasteiger partial charge is 0.378 e. The predicted octanol–water partition coefficient (Wildman–Crippen LogP) is 1.27. The number of aryl methyl sites for hydroxylation is 1. The molecule has 0 atom stereocenters. The Morgan fingerprint density at radius 1 is 1.33 bits per heavy atom. The lowest BCUT2D eigenvalue weighted by Gasteiger charge is -2.35. The normalized spacial score (nSPS) is 26.7. The second-order valence-electron chi connectivity index (χ2n) is 5.27. The average Bonchev–Trinajstić information content (AvgIpc) is 2.75. The Labute approximate surface area is 108 Å². The molecule has 1 aliphatic heterocycles. The van der Waals surface area contributed by atoms with Crippen LogP contribution in [0.4, 0.5) is 0 Å². The second kappa shape index (κ2) is 5.36. The van der Waals surface area contributed by atoms with E-state index in [0.29, 0.717) is 12.1 Å². The zero-order valence-electron chi connectivity index (χ0n) is 11.1. The summed E-state index contributed by atoms with van der Waals surface area (Å²) in [5, 5.41) is 12.1. The number of hydrogen-bond acceptors (Lipinski definition) is 4. The maximum atomic E-state index is 5.56. The molecule has 0 saturated heterocycles. The molecule has 18 heavy (non-hydrogen) atoms. The minimum Gasteiger partial charge on any atom is -0.378 e. The molecule has 1 aliphatic carbocycles. The van der Waals surface area contributed by atoms with Gasteiger partial charge in [0.2, 0.25) is 0 Å². The average molecular weight is 250 g/mol. The maximum absolute atomic E-state index is 5.56. The Kier molecular flexibility index (Phi) is 3.61. The van der Waals surface area contributed by atoms with E-state index in [1.807, 2.05) is 0 Å². The van der Waals surface area contributed by atoms with Gasteiger partial charge in [-0.15, -0.1) is 10.2 Å². The summed E-state index contributed by atoms with van der Waals surface area (Å²) in [5.41, 5.74) is 0. The molecule has 100 valence electrons. The van der Waals surface area contributed by atoms with E-state index in [4.69, 9.17) is 4.74 Å². The van der Waals surface area contributed by atoms with Crippen molar-refractivity contribution in [2.45, 2.75) is 64.3 Å². The van der Waals surface area contributed by atoms with Crippen molar-refractivity contribution in [1.29, 1.82) is 0 Å². The molecule has 1 aromatic heterocycles. The molecule has 0 amide bonds. The Morgan fingerprint density at radius 2 is 2.22 bits per heavy atom. The lowest BCUT2D eigenvalue weighted by atomic mass is 9.89. The van der Waals surface area contributed by atoms with Crippen LogP contribution in [0.5, 0.6) is 0 Å². The van der Waals surface area contributed by atoms with Crippen LogP contribution >= 0.6 is 0 Å². The van der Waals surface area contributed by atoms with Crippen LogP contribution in [-0.4, -0.2) is 33.5 Å². The molecule has 1 saturated carbocycles. The van der Waals surface area contributed by atoms with Gasteiger partial charge in [0.15, 0.2) is 0 Å². The topological polar surface area (TPSA) is 52.0 Å². The fraction of sp³-hybridized carbons (Fsp3) is 0.846. The molecular formula is C13H22N4O. The standard InChI is InChI=1S/C13H22N4O/c1-2-18-11-7-10(8-11)14-9-13-16-15-12-5-3-4-6-17(12)13/h10-11,14H,2-9H2,1H3. The van der Waals surface area contributed by atoms with E-state index in [1.165, 1.54) is 18.7 Å². The lowest BCUT2D eigenvalue weighted by molar-refractivity contribution is -0.0104. The van der Waals surface area contributed by atoms with Crippen LogP contribution in [0.3, 0.4) is 0 Å². The summed E-state index contributed by atoms with van der Waals surface area (Å²) in [6.45, 7) is 4.82. The van der Waals surface area contributed by atoms with Gasteiger partial charge in [-0.3, -0.25) is 0 Å². The maximum Gasteiger partial charge on any atom is 0.147 e. The van der Waals surface area contributed by atoms with Crippen molar-refractivity contribution in [3.05, 3.63) is 11.6 Å². The van der Waals surface area contributed by atoms with Gasteiger partial charge in [-0.25, -0.2) is 0 Å². The first-order chi connectivity index (χ1) is 8.86. The van der Waals surface area contributed by atoms with Crippen LogP contribution in [0.15, 0.2) is 0 Å². The van der Waals surface area contributed by atoms with Crippen LogP contribution in [0, 0.1) is 0 Å². The predicted molar refractivity (Wildman–Crippen MR) is 68.2 cm³/mol. The summed E-state index contributed by atoms with van der Waals surface area (Å²) >= 11 is 0. The molecule has 2 heterocycles. The highest BCUT2D eigenvalue weighted by atomic mass is 16.5. The van der Waals surface area contributed by atoms with Gasteiger partial charge in [-0.05, 0) is 32.6 Å². The third-order valence-corrected chi connectivity index (χ3v) is 3.98. The first-order valence-corrected chi connectivity index (χ1v) is 7.12. The van der Waals surface area contributed by atoms with E-state index in [1.54, 1.807) is 0 Å². The molecule has 5 nitrogen and oxygen atoms in total. The van der Waals surface area contributed by atoms with Crippen LogP contribution < -0.4 is 5.32 Å². The van der Waals surface area contributed by atoms with E-state index in [9.17, 15) is 0 Å². The Bertz CT molecular complexity index is 398. The van der Waals surface area contributed by atoms with Gasteiger partial charge < -0.3 is 14.6 Å². The quantitative estimate of drug-likeness (QED) is 0.855. The number of ether oxygens (including phenoxy) is 1. The summed E-state index contributed by atoms with van der Waals surface area (Å²) in [6, 6.07) is 0.595. The first kappa shape index (κ1) is 12.1. The minimum absolute atomic E-state index is 0.472. The van der Waals surface area contributed by atoms with E-state index >= 15 is 0 Å². The number of nitrogens with zero attached hydrogens (tertiary/aromatic N) is 3. The molecule has 0 unspecified atom stereocenters. The summed E-state index contributed by atoms with van der Waals surface area (Å²) in [5.74, 6) is 2.27. The molecule has 1 N–H and O–H groups in total. The molecule has 0 aromatic carbocycles. The molecule has 2 aliphatic rings. The monoisotopic (exact) mass is 250 g/mol. The molecule has 3 rings (SSSR count). The van der Waals surface area contributed by atoms with Crippen molar-refractivity contribution in [2.75, 3.05) is 6.61 Å². The van der Waals surface area contributed by atoms with Gasteiger partial charge in [0.1, 0.15) is 11.6 Å². The number of fused-ring (bicyclic) bond motifs is 1. The SMILES string of the molecule is CCOC1CC(NCc2nnc3n2CCCC3)C1. The van der Waals surface area contributed by atoms with Crippen LogP contribution in [-0.2, 0) is 24.2 Å². The summed E-state index contributed by atoms with van der Waals surface area (Å²) in [6.07, 6.45) is 6.34. The number of hydrogen-bond donors (Lipinski definition) is 1. The molecular weight excluding hydrogens is 228 g/mol. The van der Waals surface area contributed by atoms with Crippen molar-refractivity contribution in [3.8, 4) is 0 Å². The molecule has 0 bridgehead atoms. The van der Waals surface area contributed by atoms with Gasteiger partial charge >= 0.3 is 0 Å². The van der Waals surface area contributed by atoms with Crippen molar-refractivity contribution in [3.63, 3.8) is 0 Å². The first-order valence-electron chi connectivity index (χ1n) is 7.12. The lowest BCUT2D eigenvalue weighted by Crippen LogP contribution is -2.45. The van der Waals surface area contributed by atoms with Gasteiger partial charge in [-0.2, -0.15) is 0 Å². The van der Waals surface area contributed by atoms with Crippen molar-refractivity contribution < 1.29 is 4.74 Å². The van der Waals surface area contributed by atoms with Gasteiger partial charge in [0, 0.05) is 25.6 Å². The summed E-state index contributed by atoms with van der Waals surface area (Å²) in [4.78, 5) is 0. The van der Waals surface area contributed by atoms with Gasteiger partial charge in [0.25, 0.3) is 0 Å². The number of aromatic nitrogens is 3. The van der Waals surface area contributed by atoms with Crippen molar-refractivity contribution in [2.24, 2.45) is 0 Å². The second-order valence-corrected chi connectivity index (χ2v) is 5.27. The molecule has 0 radical (unpaired) electrons. The third-order valence-electron chi connectivity index (χ3n) is 3.98. The number of nitrogens with one attached hydrogen (secondary N) is 1. The van der Waals surface area contributed by atoms with Gasteiger partial charge in [0.05, 0.1) is 12.6 Å². The fourth-order valence-corrected chi connectivity index (χ4v) is 2.84. The van der Waals surface area contributed by atoms with Gasteiger partial charge in [-0.1, -0.05) is 0 Å². The van der Waals surface area contributed by atoms with Crippen LogP contribution in [0.1, 0.15) is 44.3 Å². The zero-order chi connectivity index (χ0) is 12.4. The van der Waals surface area contributed by atoms with Crippen LogP contribution in [0.2, 0.25) is 0 Å². The molecule has 1 aromatic rings. The highest BCUT2D eigenvalue weighted by Crippen LogP contribution is 2.23. The molecule has 5 heteroatoms. The fourth-order valence-electron chi connectivity index (χ4n) is 2.84. The minimum atomic E-state index is 0.472. The molecule has 0 spiro atoms. The highest BCUT2D eigenvalue weighted by molar-refractivity contribution is 4.99. The van der Waals surface area contributed by atoms with Crippen molar-refractivity contribution in [1.82, 2.24) is 20.1 Å². The Morgan fingerprint density at radius 3 is 3.06 bits per heavy atom. The molecule has 1 fully saturated rings. The van der Waals surface area contributed by atoms with Crippen LogP contribution in [0.25, 0.3) is 0 Å². The summed E-state index contributed by atoms with van der Waals surface area (Å²) < 4.78 is 7.85. The van der Waals surface area contributed by atoms with E-state index in [-0.39, 0.29) is 0 Å². The van der Waals surface area contributed by atoms with Crippen molar-refractivity contribution >= 4 is 0 Å². The van der Waals surface area contributed by atoms with E-state index < -0.39 is 0 Å². The third kappa shape index (κ3) is 2.42. The smallest absolute Gasteiger partial charge is 0.147 e. The Balaban J connectivity index is 1.48. The Hall–Kier alpha value is -0.940. The zero-order valence-corrected chi connectivity index (χ0v) is 11.1.